The van der Waals surface area contributed by atoms with Gasteiger partial charge in [-0.15, -0.1) is 0 Å². The Hall–Kier alpha value is -8.22. The maximum atomic E-state index is 16.0. The first-order chi connectivity index (χ1) is 36.1. The molecule has 0 unspecified atom stereocenters. The monoisotopic (exact) mass is 961 g/mol. The van der Waals surface area contributed by atoms with Gasteiger partial charge in [-0.05, 0) is 189 Å². The summed E-state index contributed by atoms with van der Waals surface area (Å²) in [5.74, 6) is -2.93. The Kier molecular flexibility index (Phi) is 13.6. The first-order valence-corrected chi connectivity index (χ1v) is 24.8. The molecule has 0 radical (unpaired) electrons. The Morgan fingerprint density at radius 3 is 1.27 bits per heavy atom. The van der Waals surface area contributed by atoms with Crippen molar-refractivity contribution in [3.8, 4) is 78.3 Å². The minimum absolute atomic E-state index is 0.327. The second kappa shape index (κ2) is 21.6. The van der Waals surface area contributed by atoms with Crippen molar-refractivity contribution >= 4 is 0 Å². The molecular weight excluding hydrogens is 904 g/mol. The number of aryl methyl sites for hydroxylation is 4. The lowest BCUT2D eigenvalue weighted by Crippen LogP contribution is -2.04. The number of nitrogens with zero attached hydrogens (tertiary/aromatic N) is 3. The summed E-state index contributed by atoms with van der Waals surface area (Å²) in [6.07, 6.45) is 7.93. The molecule has 7 aromatic carbocycles. The van der Waals surface area contributed by atoms with Crippen molar-refractivity contribution in [1.82, 2.24) is 15.0 Å². The van der Waals surface area contributed by atoms with Crippen LogP contribution in [0.25, 0.3) is 78.3 Å². The van der Waals surface area contributed by atoms with Crippen LogP contribution in [-0.4, -0.2) is 15.0 Å². The van der Waals surface area contributed by atoms with E-state index in [1.807, 2.05) is 101 Å². The van der Waals surface area contributed by atoms with Gasteiger partial charge in [-0.2, -0.15) is 0 Å². The Bertz CT molecular complexity index is 3500. The highest BCUT2D eigenvalue weighted by Crippen LogP contribution is 2.41. The fourth-order valence-electron chi connectivity index (χ4n) is 9.76. The molecule has 10 rings (SSSR count). The van der Waals surface area contributed by atoms with Crippen LogP contribution < -0.4 is 0 Å². The first kappa shape index (κ1) is 45.9. The van der Waals surface area contributed by atoms with E-state index in [0.717, 1.165) is 94.7 Å². The molecule has 6 heteroatoms. The number of pyridine rings is 3. The van der Waals surface area contributed by atoms with E-state index in [1.54, 1.807) is 30.3 Å². The quantitative estimate of drug-likeness (QED) is 0.103. The van der Waals surface area contributed by atoms with Gasteiger partial charge in [0.2, 0.25) is 0 Å². The van der Waals surface area contributed by atoms with Crippen LogP contribution in [-0.2, 0) is 25.7 Å². The molecule has 0 spiro atoms. The first-order valence-electron chi connectivity index (χ1n) is 25.8. The summed E-state index contributed by atoms with van der Waals surface area (Å²) in [5, 5.41) is 0. The maximum absolute atomic E-state index is 16.0. The lowest BCUT2D eigenvalue weighted by molar-refractivity contribution is 0.627. The Labute approximate surface area is 430 Å². The van der Waals surface area contributed by atoms with Crippen molar-refractivity contribution in [2.45, 2.75) is 65.2 Å². The third-order valence-electron chi connectivity index (χ3n) is 13.6. The van der Waals surface area contributed by atoms with Crippen molar-refractivity contribution in [3.05, 3.63) is 257 Å². The van der Waals surface area contributed by atoms with E-state index in [0.29, 0.717) is 42.6 Å². The van der Waals surface area contributed by atoms with Gasteiger partial charge in [0, 0.05) is 43.6 Å². The lowest BCUT2D eigenvalue weighted by Gasteiger charge is -2.19. The summed E-state index contributed by atoms with van der Waals surface area (Å²) in [6.45, 7) is 7.46. The Balaban J connectivity index is 1.08. The van der Waals surface area contributed by atoms with Crippen molar-refractivity contribution in [2.24, 2.45) is 0 Å². The van der Waals surface area contributed by atoms with Crippen molar-refractivity contribution < 1.29 is 15.9 Å². The van der Waals surface area contributed by atoms with E-state index in [9.17, 15) is 11.5 Å². The standard InChI is InChI=1S/C67H56F3N3/c1-43(2)60-37-65(51-23-27-56(68)28-24-51)71-40-53(60)17-15-45-33-46(16-18-54-41-72-66(38-61(54)44(3)4)52-25-29-57(69)30-26-52)35-55(34-45)62-36-58(70)31-32-59(62)64-42-73-67(50-13-9-6-10-14-50)39-63(64)49-21-19-48(20-22-49)47-11-7-5-8-12-47/h5-14,19-44H,15-18H2,1-4H3/i43D,44D. The molecule has 0 aliphatic rings. The van der Waals surface area contributed by atoms with E-state index < -0.39 is 11.8 Å². The fourth-order valence-corrected chi connectivity index (χ4v) is 9.76. The number of hydrogen-bond donors (Lipinski definition) is 0. The summed E-state index contributed by atoms with van der Waals surface area (Å²) in [6, 6.07) is 58.9. The lowest BCUT2D eigenvalue weighted by atomic mass is 9.87. The second-order valence-electron chi connectivity index (χ2n) is 19.1. The summed E-state index contributed by atoms with van der Waals surface area (Å²) >= 11 is 0. The molecule has 0 atom stereocenters. The molecule has 360 valence electrons. The van der Waals surface area contributed by atoms with Gasteiger partial charge in [0.1, 0.15) is 17.5 Å². The average Bonchev–Trinajstić information content (AvgIpc) is 3.42. The smallest absolute Gasteiger partial charge is 0.123 e. The molecule has 0 amide bonds. The molecule has 0 aliphatic carbocycles. The molecule has 0 aliphatic heterocycles. The summed E-state index contributed by atoms with van der Waals surface area (Å²) in [7, 11) is 0. The molecule has 3 aromatic heterocycles. The molecule has 3 nitrogen and oxygen atoms in total. The minimum atomic E-state index is -0.955. The van der Waals surface area contributed by atoms with Crippen LogP contribution in [0, 0.1) is 17.5 Å². The highest BCUT2D eigenvalue weighted by Gasteiger charge is 2.19. The summed E-state index contributed by atoms with van der Waals surface area (Å²) < 4.78 is 62.2. The highest BCUT2D eigenvalue weighted by atomic mass is 19.1. The largest absolute Gasteiger partial charge is 0.256 e. The van der Waals surface area contributed by atoms with E-state index in [-0.39, 0.29) is 17.5 Å². The normalized spacial score (nSPS) is 12.1. The fraction of sp³-hybridized carbons (Fsp3) is 0.149. The topological polar surface area (TPSA) is 38.7 Å². The van der Waals surface area contributed by atoms with Gasteiger partial charge in [0.25, 0.3) is 0 Å². The number of halogens is 3. The molecule has 0 N–H and O–H groups in total. The van der Waals surface area contributed by atoms with Crippen molar-refractivity contribution in [2.75, 3.05) is 0 Å². The third-order valence-corrected chi connectivity index (χ3v) is 13.6. The van der Waals surface area contributed by atoms with Crippen LogP contribution in [0.5, 0.6) is 0 Å². The van der Waals surface area contributed by atoms with Gasteiger partial charge < -0.3 is 0 Å². The Morgan fingerprint density at radius 1 is 0.342 bits per heavy atom. The summed E-state index contributed by atoms with van der Waals surface area (Å²) in [4.78, 5) is 14.7. The van der Waals surface area contributed by atoms with Crippen LogP contribution in [0.4, 0.5) is 13.2 Å². The molecule has 0 bridgehead atoms. The van der Waals surface area contributed by atoms with Crippen LogP contribution >= 0.6 is 0 Å². The SMILES string of the molecule is [2H]C(C)(C)c1cc(-c2ccc(F)cc2)ncc1CCc1cc(CCc2cnc(-c3ccc(F)cc3)cc2C([2H])(C)C)cc(-c2cc(F)ccc2-c2cnc(-c3ccccc3)cc2-c2ccc(-c3ccccc3)cc2)c1. The van der Waals surface area contributed by atoms with E-state index in [2.05, 4.69) is 72.8 Å². The van der Waals surface area contributed by atoms with Crippen molar-refractivity contribution in [1.29, 1.82) is 0 Å². The van der Waals surface area contributed by atoms with Crippen LogP contribution in [0.2, 0.25) is 0 Å². The predicted molar refractivity (Wildman–Crippen MR) is 294 cm³/mol. The number of benzene rings is 7. The van der Waals surface area contributed by atoms with Crippen LogP contribution in [0.3, 0.4) is 0 Å². The molecular formula is C67H56F3N3. The number of hydrogen-bond acceptors (Lipinski definition) is 3. The Morgan fingerprint density at radius 2 is 0.753 bits per heavy atom. The van der Waals surface area contributed by atoms with E-state index in [4.69, 9.17) is 15.0 Å². The minimum Gasteiger partial charge on any atom is -0.256 e. The van der Waals surface area contributed by atoms with Gasteiger partial charge >= 0.3 is 0 Å². The van der Waals surface area contributed by atoms with E-state index >= 15 is 4.39 Å². The zero-order valence-electron chi connectivity index (χ0n) is 43.4. The zero-order valence-corrected chi connectivity index (χ0v) is 41.4. The predicted octanol–water partition coefficient (Wildman–Crippen LogP) is 17.8. The van der Waals surface area contributed by atoms with Gasteiger partial charge in [-0.3, -0.25) is 15.0 Å². The molecule has 0 saturated carbocycles. The van der Waals surface area contributed by atoms with E-state index in [1.165, 1.54) is 30.3 Å². The third kappa shape index (κ3) is 11.1. The highest BCUT2D eigenvalue weighted by molar-refractivity contribution is 5.93. The van der Waals surface area contributed by atoms with Gasteiger partial charge in [0.15, 0.2) is 0 Å². The van der Waals surface area contributed by atoms with Gasteiger partial charge in [0.05, 0.1) is 17.1 Å². The van der Waals surface area contributed by atoms with Gasteiger partial charge in [-0.1, -0.05) is 137 Å². The molecule has 0 saturated heterocycles. The maximum Gasteiger partial charge on any atom is 0.123 e. The molecule has 0 fully saturated rings. The number of rotatable bonds is 15. The molecule has 73 heavy (non-hydrogen) atoms. The second-order valence-corrected chi connectivity index (χ2v) is 19.1. The average molecular weight is 962 g/mol. The van der Waals surface area contributed by atoms with Crippen LogP contribution in [0.15, 0.2) is 207 Å². The van der Waals surface area contributed by atoms with Crippen molar-refractivity contribution in [3.63, 3.8) is 0 Å². The van der Waals surface area contributed by atoms with Gasteiger partial charge in [-0.25, -0.2) is 13.2 Å². The summed E-state index contributed by atoms with van der Waals surface area (Å²) in [5.41, 5.74) is 17.7. The molecule has 3 heterocycles. The van der Waals surface area contributed by atoms with Crippen LogP contribution in [0.1, 0.15) is 75.6 Å². The zero-order chi connectivity index (χ0) is 52.3. The number of aromatic nitrogens is 3. The molecule has 10 aromatic rings.